The molecule has 2 aromatic carbocycles. The largest absolute Gasteiger partial charge is 0.337 e. The fourth-order valence-electron chi connectivity index (χ4n) is 1.78. The molecule has 0 N–H and O–H groups in total. The summed E-state index contributed by atoms with van der Waals surface area (Å²) in [5, 5.41) is 0. The van der Waals surface area contributed by atoms with Crippen molar-refractivity contribution >= 4 is 5.91 Å². The first-order valence-corrected chi connectivity index (χ1v) is 5.82. The molecule has 0 aliphatic heterocycles. The van der Waals surface area contributed by atoms with Crippen molar-refractivity contribution in [3.8, 4) is 0 Å². The van der Waals surface area contributed by atoms with Crippen LogP contribution in [0.3, 0.4) is 0 Å². The van der Waals surface area contributed by atoms with Gasteiger partial charge >= 0.3 is 0 Å². The van der Waals surface area contributed by atoms with Crippen molar-refractivity contribution in [2.45, 2.75) is 6.54 Å². The summed E-state index contributed by atoms with van der Waals surface area (Å²) >= 11 is 0. The zero-order valence-corrected chi connectivity index (χ0v) is 10.4. The third-order valence-electron chi connectivity index (χ3n) is 2.77. The first-order chi connectivity index (χ1) is 9.08. The van der Waals surface area contributed by atoms with Gasteiger partial charge in [0.05, 0.1) is 0 Å². The summed E-state index contributed by atoms with van der Waals surface area (Å²) in [6.45, 7) is 0.227. The van der Waals surface area contributed by atoms with Crippen LogP contribution in [0.2, 0.25) is 0 Å². The molecule has 0 heterocycles. The Bertz CT molecular complexity index is 584. The molecule has 0 fully saturated rings. The number of halogens is 2. The van der Waals surface area contributed by atoms with Gasteiger partial charge in [-0.1, -0.05) is 24.3 Å². The van der Waals surface area contributed by atoms with Crippen LogP contribution >= 0.6 is 0 Å². The highest BCUT2D eigenvalue weighted by atomic mass is 19.2. The van der Waals surface area contributed by atoms with Crippen molar-refractivity contribution in [3.05, 3.63) is 71.3 Å². The molecule has 0 aliphatic rings. The van der Waals surface area contributed by atoms with Crippen LogP contribution in [0.1, 0.15) is 15.9 Å². The van der Waals surface area contributed by atoms with Crippen molar-refractivity contribution < 1.29 is 13.6 Å². The van der Waals surface area contributed by atoms with Crippen LogP contribution in [0.4, 0.5) is 8.78 Å². The van der Waals surface area contributed by atoms with Gasteiger partial charge in [0.1, 0.15) is 0 Å². The van der Waals surface area contributed by atoms with E-state index in [1.807, 2.05) is 6.07 Å². The van der Waals surface area contributed by atoms with Gasteiger partial charge < -0.3 is 4.90 Å². The minimum atomic E-state index is -0.905. The van der Waals surface area contributed by atoms with E-state index in [9.17, 15) is 13.6 Å². The number of nitrogens with zero attached hydrogens (tertiary/aromatic N) is 1. The van der Waals surface area contributed by atoms with Gasteiger partial charge in [-0.05, 0) is 29.8 Å². The predicted molar refractivity (Wildman–Crippen MR) is 68.6 cm³/mol. The van der Waals surface area contributed by atoms with Gasteiger partial charge in [0, 0.05) is 19.2 Å². The van der Waals surface area contributed by atoms with E-state index in [-0.39, 0.29) is 12.5 Å². The molecule has 0 aromatic heterocycles. The second-order valence-corrected chi connectivity index (χ2v) is 4.28. The zero-order valence-electron chi connectivity index (χ0n) is 10.4. The number of hydrogen-bond acceptors (Lipinski definition) is 1. The fraction of sp³-hybridized carbons (Fsp3) is 0.133. The molecule has 0 atom stereocenters. The molecule has 2 nitrogen and oxygen atoms in total. The summed E-state index contributed by atoms with van der Waals surface area (Å²) in [7, 11) is 1.62. The molecule has 4 heteroatoms. The average Bonchev–Trinajstić information content (AvgIpc) is 2.43. The molecular formula is C15H13F2NO. The molecule has 0 bridgehead atoms. The van der Waals surface area contributed by atoms with Crippen LogP contribution in [0, 0.1) is 11.6 Å². The van der Waals surface area contributed by atoms with Crippen LogP contribution in [-0.4, -0.2) is 17.9 Å². The molecule has 0 unspecified atom stereocenters. The van der Waals surface area contributed by atoms with E-state index >= 15 is 0 Å². The van der Waals surface area contributed by atoms with E-state index in [1.165, 1.54) is 11.0 Å². The van der Waals surface area contributed by atoms with Crippen LogP contribution in [0.25, 0.3) is 0 Å². The van der Waals surface area contributed by atoms with Gasteiger partial charge in [0.2, 0.25) is 0 Å². The Morgan fingerprint density at radius 3 is 2.37 bits per heavy atom. The number of benzene rings is 2. The van der Waals surface area contributed by atoms with Crippen molar-refractivity contribution in [2.75, 3.05) is 7.05 Å². The third kappa shape index (κ3) is 3.16. The number of carbonyl (C=O) groups excluding carboxylic acids is 1. The lowest BCUT2D eigenvalue weighted by atomic mass is 10.1. The highest BCUT2D eigenvalue weighted by molar-refractivity contribution is 5.93. The summed E-state index contributed by atoms with van der Waals surface area (Å²) in [5.74, 6) is -1.95. The molecular weight excluding hydrogens is 248 g/mol. The van der Waals surface area contributed by atoms with E-state index in [0.29, 0.717) is 11.1 Å². The summed E-state index contributed by atoms with van der Waals surface area (Å²) in [4.78, 5) is 13.5. The molecule has 2 aromatic rings. The highest BCUT2D eigenvalue weighted by Crippen LogP contribution is 2.12. The van der Waals surface area contributed by atoms with Crippen molar-refractivity contribution in [2.24, 2.45) is 0 Å². The molecule has 0 saturated heterocycles. The van der Waals surface area contributed by atoms with Gasteiger partial charge in [-0.2, -0.15) is 0 Å². The fourth-order valence-corrected chi connectivity index (χ4v) is 1.78. The number of carbonyl (C=O) groups is 1. The van der Waals surface area contributed by atoms with Crippen molar-refractivity contribution in [1.29, 1.82) is 0 Å². The van der Waals surface area contributed by atoms with E-state index in [2.05, 4.69) is 0 Å². The van der Waals surface area contributed by atoms with Gasteiger partial charge in [-0.25, -0.2) is 8.78 Å². The molecule has 0 aliphatic carbocycles. The van der Waals surface area contributed by atoms with Gasteiger partial charge in [-0.15, -0.1) is 0 Å². The Kier molecular flexibility index (Phi) is 3.90. The Balaban J connectivity index is 2.10. The molecule has 19 heavy (non-hydrogen) atoms. The minimum Gasteiger partial charge on any atom is -0.337 e. The summed E-state index contributed by atoms with van der Waals surface area (Å²) in [5.41, 5.74) is 1.11. The maximum absolute atomic E-state index is 13.1. The molecule has 98 valence electrons. The minimum absolute atomic E-state index is 0.162. The average molecular weight is 261 g/mol. The Labute approximate surface area is 110 Å². The molecule has 0 saturated carbocycles. The lowest BCUT2D eigenvalue weighted by molar-refractivity contribution is 0.0785. The van der Waals surface area contributed by atoms with Crippen LogP contribution < -0.4 is 0 Å². The Morgan fingerprint density at radius 1 is 1.05 bits per heavy atom. The Morgan fingerprint density at radius 2 is 1.74 bits per heavy atom. The molecule has 2 rings (SSSR count). The SMILES string of the molecule is CN(Cc1ccc(F)c(F)c1)C(=O)c1ccccc1. The number of hydrogen-bond donors (Lipinski definition) is 0. The quantitative estimate of drug-likeness (QED) is 0.830. The highest BCUT2D eigenvalue weighted by Gasteiger charge is 2.12. The smallest absolute Gasteiger partial charge is 0.253 e. The standard InChI is InChI=1S/C15H13F2NO/c1-18(15(19)12-5-3-2-4-6-12)10-11-7-8-13(16)14(17)9-11/h2-9H,10H2,1H3. The summed E-state index contributed by atoms with van der Waals surface area (Å²) in [6, 6.07) is 12.4. The van der Waals surface area contributed by atoms with E-state index < -0.39 is 11.6 Å². The maximum Gasteiger partial charge on any atom is 0.253 e. The topological polar surface area (TPSA) is 20.3 Å². The molecule has 0 spiro atoms. The third-order valence-corrected chi connectivity index (χ3v) is 2.77. The zero-order chi connectivity index (χ0) is 13.8. The summed E-state index contributed by atoms with van der Waals surface area (Å²) in [6.07, 6.45) is 0. The number of amides is 1. The molecule has 1 amide bonds. The lowest BCUT2D eigenvalue weighted by Crippen LogP contribution is -2.26. The second-order valence-electron chi connectivity index (χ2n) is 4.28. The van der Waals surface area contributed by atoms with Crippen LogP contribution in [0.15, 0.2) is 48.5 Å². The van der Waals surface area contributed by atoms with Gasteiger partial charge in [0.15, 0.2) is 11.6 Å². The summed E-state index contributed by atoms with van der Waals surface area (Å²) < 4.78 is 25.9. The maximum atomic E-state index is 13.1. The first-order valence-electron chi connectivity index (χ1n) is 5.82. The van der Waals surface area contributed by atoms with Crippen molar-refractivity contribution in [1.82, 2.24) is 4.90 Å². The number of rotatable bonds is 3. The van der Waals surface area contributed by atoms with E-state index in [0.717, 1.165) is 12.1 Å². The van der Waals surface area contributed by atoms with Crippen LogP contribution in [-0.2, 0) is 6.54 Å². The lowest BCUT2D eigenvalue weighted by Gasteiger charge is -2.17. The monoisotopic (exact) mass is 261 g/mol. The van der Waals surface area contributed by atoms with Crippen molar-refractivity contribution in [3.63, 3.8) is 0 Å². The van der Waals surface area contributed by atoms with Crippen LogP contribution in [0.5, 0.6) is 0 Å². The normalized spacial score (nSPS) is 10.3. The first kappa shape index (κ1) is 13.2. The second kappa shape index (κ2) is 5.61. The predicted octanol–water partition coefficient (Wildman–Crippen LogP) is 3.24. The Hall–Kier alpha value is -2.23. The van der Waals surface area contributed by atoms with Gasteiger partial charge in [0.25, 0.3) is 5.91 Å². The van der Waals surface area contributed by atoms with E-state index in [4.69, 9.17) is 0 Å². The van der Waals surface area contributed by atoms with E-state index in [1.54, 1.807) is 31.3 Å². The molecule has 0 radical (unpaired) electrons. The van der Waals surface area contributed by atoms with Gasteiger partial charge in [-0.3, -0.25) is 4.79 Å².